The van der Waals surface area contributed by atoms with Gasteiger partial charge in [0, 0.05) is 36.2 Å². The smallest absolute Gasteiger partial charge is 0.326 e. The van der Waals surface area contributed by atoms with Gasteiger partial charge in [-0.05, 0) is 11.6 Å². The number of hydrogen-bond donors (Lipinski definition) is 2. The fraction of sp³-hybridized carbons (Fsp3) is 0.500. The summed E-state index contributed by atoms with van der Waals surface area (Å²) in [5.74, 6) is 1.61. The summed E-state index contributed by atoms with van der Waals surface area (Å²) in [6, 6.07) is 6.12. The van der Waals surface area contributed by atoms with E-state index in [0.717, 1.165) is 18.1 Å². The molecule has 1 amide bonds. The van der Waals surface area contributed by atoms with E-state index >= 15 is 0 Å². The molecule has 0 saturated carbocycles. The molecule has 7 heteroatoms. The van der Waals surface area contributed by atoms with Crippen molar-refractivity contribution in [3.8, 4) is 0 Å². The molecule has 1 atom stereocenters. The zero-order valence-corrected chi connectivity index (χ0v) is 12.2. The number of amides is 1. The number of hydrogen-bond acceptors (Lipinski definition) is 3. The maximum atomic E-state index is 12.5. The van der Waals surface area contributed by atoms with Gasteiger partial charge in [0.25, 0.3) is 0 Å². The molecule has 0 radical (unpaired) electrons. The van der Waals surface area contributed by atoms with Crippen molar-refractivity contribution in [1.82, 2.24) is 5.32 Å². The molecule has 1 aliphatic heterocycles. The number of anilines is 1. The molecule has 0 bridgehead atoms. The summed E-state index contributed by atoms with van der Waals surface area (Å²) < 4.78 is 37.5. The largest absolute Gasteiger partial charge is 0.393 e. The van der Waals surface area contributed by atoms with E-state index in [2.05, 4.69) is 10.6 Å². The number of nitrogens with one attached hydrogen (secondary N) is 2. The van der Waals surface area contributed by atoms with Crippen molar-refractivity contribution in [3.63, 3.8) is 0 Å². The Morgan fingerprint density at radius 2 is 2.14 bits per heavy atom. The molecule has 1 aliphatic rings. The van der Waals surface area contributed by atoms with Crippen LogP contribution < -0.4 is 10.6 Å². The lowest BCUT2D eigenvalue weighted by Crippen LogP contribution is -2.40. The van der Waals surface area contributed by atoms with E-state index in [1.165, 1.54) is 18.2 Å². The minimum atomic E-state index is -4.29. The number of thioether (sulfide) groups is 1. The lowest BCUT2D eigenvalue weighted by molar-refractivity contribution is -0.127. The highest BCUT2D eigenvalue weighted by Crippen LogP contribution is 2.26. The van der Waals surface area contributed by atoms with E-state index in [1.807, 2.05) is 0 Å². The molecule has 116 valence electrons. The molecule has 21 heavy (non-hydrogen) atoms. The van der Waals surface area contributed by atoms with Crippen LogP contribution in [-0.4, -0.2) is 36.2 Å². The number of benzene rings is 1. The van der Waals surface area contributed by atoms with Gasteiger partial charge in [-0.3, -0.25) is 4.79 Å². The van der Waals surface area contributed by atoms with Crippen molar-refractivity contribution in [2.75, 3.05) is 23.4 Å². The van der Waals surface area contributed by atoms with E-state index < -0.39 is 12.6 Å². The Balaban J connectivity index is 1.96. The highest BCUT2D eigenvalue weighted by molar-refractivity contribution is 7.99. The maximum Gasteiger partial charge on any atom is 0.393 e. The Hall–Kier alpha value is -1.21. The molecule has 2 N–H and O–H groups in total. The minimum Gasteiger partial charge on any atom is -0.326 e. The van der Waals surface area contributed by atoms with E-state index in [1.54, 1.807) is 17.8 Å². The third-order valence-corrected chi connectivity index (χ3v) is 4.24. The van der Waals surface area contributed by atoms with Gasteiger partial charge < -0.3 is 10.6 Å². The van der Waals surface area contributed by atoms with Crippen LogP contribution in [0.25, 0.3) is 0 Å². The molecule has 0 aromatic heterocycles. The Morgan fingerprint density at radius 1 is 1.38 bits per heavy atom. The first kappa shape index (κ1) is 16.2. The number of carbonyl (C=O) groups is 1. The predicted octanol–water partition coefficient (Wildman–Crippen LogP) is 2.83. The maximum absolute atomic E-state index is 12.5. The van der Waals surface area contributed by atoms with E-state index in [-0.39, 0.29) is 29.6 Å². The number of para-hydroxylation sites is 1. The second kappa shape index (κ2) is 7.17. The van der Waals surface area contributed by atoms with Gasteiger partial charge in [-0.25, -0.2) is 0 Å². The van der Waals surface area contributed by atoms with Crippen LogP contribution in [0, 0.1) is 0 Å². The molecule has 1 fully saturated rings. The monoisotopic (exact) mass is 318 g/mol. The molecule has 1 saturated heterocycles. The molecule has 1 heterocycles. The molecule has 2 rings (SSSR count). The van der Waals surface area contributed by atoms with E-state index in [0.29, 0.717) is 0 Å². The van der Waals surface area contributed by atoms with Crippen LogP contribution in [0.15, 0.2) is 24.3 Å². The molecule has 1 aromatic rings. The molecular formula is C14H17F3N2OS. The van der Waals surface area contributed by atoms with Crippen molar-refractivity contribution < 1.29 is 18.0 Å². The number of alkyl halides is 3. The molecule has 1 aromatic carbocycles. The summed E-state index contributed by atoms with van der Waals surface area (Å²) in [6.45, 7) is 0.854. The van der Waals surface area contributed by atoms with Crippen molar-refractivity contribution >= 4 is 23.4 Å². The standard InChI is InChI=1S/C14H17F3N2OS/c15-14(16,17)8-10-3-1-2-4-12(10)19-13(20)7-11-9-21-6-5-18-11/h1-4,11,18H,5-9H2,(H,19,20). The Kier molecular flexibility index (Phi) is 5.52. The average molecular weight is 318 g/mol. The molecule has 0 spiro atoms. The van der Waals surface area contributed by atoms with Crippen molar-refractivity contribution in [3.05, 3.63) is 29.8 Å². The summed E-state index contributed by atoms with van der Waals surface area (Å²) in [5, 5.41) is 5.82. The van der Waals surface area contributed by atoms with Gasteiger partial charge in [-0.1, -0.05) is 18.2 Å². The Labute approximate surface area is 125 Å². The van der Waals surface area contributed by atoms with Crippen LogP contribution in [0.5, 0.6) is 0 Å². The third-order valence-electron chi connectivity index (χ3n) is 3.11. The lowest BCUT2D eigenvalue weighted by atomic mass is 10.1. The van der Waals surface area contributed by atoms with Gasteiger partial charge >= 0.3 is 6.18 Å². The fourth-order valence-corrected chi connectivity index (χ4v) is 3.14. The van der Waals surface area contributed by atoms with Crippen LogP contribution in [0.1, 0.15) is 12.0 Å². The van der Waals surface area contributed by atoms with Gasteiger partial charge in [-0.2, -0.15) is 24.9 Å². The predicted molar refractivity (Wildman–Crippen MR) is 78.6 cm³/mol. The van der Waals surface area contributed by atoms with Crippen LogP contribution in [0.4, 0.5) is 18.9 Å². The molecular weight excluding hydrogens is 301 g/mol. The zero-order valence-electron chi connectivity index (χ0n) is 11.4. The molecule has 1 unspecified atom stereocenters. The van der Waals surface area contributed by atoms with Gasteiger partial charge in [0.15, 0.2) is 0 Å². The first-order chi connectivity index (χ1) is 9.94. The summed E-state index contributed by atoms with van der Waals surface area (Å²) in [5.41, 5.74) is 0.326. The minimum absolute atomic E-state index is 0.0820. The highest BCUT2D eigenvalue weighted by atomic mass is 32.2. The van der Waals surface area contributed by atoms with Crippen molar-refractivity contribution in [2.45, 2.75) is 25.1 Å². The van der Waals surface area contributed by atoms with Crippen LogP contribution >= 0.6 is 11.8 Å². The average Bonchev–Trinajstić information content (AvgIpc) is 2.40. The van der Waals surface area contributed by atoms with E-state index in [4.69, 9.17) is 0 Å². The first-order valence-corrected chi connectivity index (χ1v) is 7.85. The van der Waals surface area contributed by atoms with Crippen LogP contribution in [0.3, 0.4) is 0 Å². The third kappa shape index (κ3) is 5.59. The molecule has 3 nitrogen and oxygen atoms in total. The number of rotatable bonds is 4. The summed E-state index contributed by atoms with van der Waals surface area (Å²) >= 11 is 1.77. The normalized spacial score (nSPS) is 19.3. The van der Waals surface area contributed by atoms with Crippen LogP contribution in [0.2, 0.25) is 0 Å². The lowest BCUT2D eigenvalue weighted by Gasteiger charge is -2.22. The fourth-order valence-electron chi connectivity index (χ4n) is 2.19. The SMILES string of the molecule is O=C(CC1CSCCN1)Nc1ccccc1CC(F)(F)F. The second-order valence-corrected chi connectivity index (χ2v) is 6.08. The molecule has 0 aliphatic carbocycles. The first-order valence-electron chi connectivity index (χ1n) is 6.70. The topological polar surface area (TPSA) is 41.1 Å². The zero-order chi connectivity index (χ0) is 15.3. The van der Waals surface area contributed by atoms with Gasteiger partial charge in [0.2, 0.25) is 5.91 Å². The Morgan fingerprint density at radius 3 is 2.81 bits per heavy atom. The summed E-state index contributed by atoms with van der Waals surface area (Å²) in [7, 11) is 0. The quantitative estimate of drug-likeness (QED) is 0.897. The Bertz CT molecular complexity index is 487. The van der Waals surface area contributed by atoms with Crippen molar-refractivity contribution in [2.24, 2.45) is 0 Å². The van der Waals surface area contributed by atoms with Gasteiger partial charge in [0.05, 0.1) is 6.42 Å². The second-order valence-electron chi connectivity index (χ2n) is 4.93. The van der Waals surface area contributed by atoms with Gasteiger partial charge in [0.1, 0.15) is 0 Å². The van der Waals surface area contributed by atoms with E-state index in [9.17, 15) is 18.0 Å². The summed E-state index contributed by atoms with van der Waals surface area (Å²) in [4.78, 5) is 12.0. The highest BCUT2D eigenvalue weighted by Gasteiger charge is 2.29. The van der Waals surface area contributed by atoms with Gasteiger partial charge in [-0.15, -0.1) is 0 Å². The number of carbonyl (C=O) groups excluding carboxylic acids is 1. The summed E-state index contributed by atoms with van der Waals surface area (Å²) in [6.07, 6.45) is -5.06. The van der Waals surface area contributed by atoms with Crippen LogP contribution in [-0.2, 0) is 11.2 Å². The van der Waals surface area contributed by atoms with Crippen molar-refractivity contribution in [1.29, 1.82) is 0 Å². The number of halogens is 3.